The minimum absolute atomic E-state index is 0.183. The van der Waals surface area contributed by atoms with Gasteiger partial charge >= 0.3 is 0 Å². The summed E-state index contributed by atoms with van der Waals surface area (Å²) in [5.41, 5.74) is 0. The summed E-state index contributed by atoms with van der Waals surface area (Å²) < 4.78 is 7.93. The Kier molecular flexibility index (Phi) is 12.5. The molecule has 4 heteroatoms. The molecule has 0 aromatic heterocycles. The van der Waals surface area contributed by atoms with Crippen LogP contribution in [0.5, 0.6) is 0 Å². The maximum atomic E-state index is 6.84. The molecule has 0 rings (SSSR count). The van der Waals surface area contributed by atoms with E-state index in [4.69, 9.17) is 4.43 Å². The third-order valence-corrected chi connectivity index (χ3v) is 16.9. The number of hydrogen-bond donors (Lipinski definition) is 0. The van der Waals surface area contributed by atoms with E-state index < -0.39 is 16.4 Å². The van der Waals surface area contributed by atoms with Gasteiger partial charge in [0.15, 0.2) is 8.32 Å². The fourth-order valence-corrected chi connectivity index (χ4v) is 11.3. The molecule has 1 unspecified atom stereocenters. The van der Waals surface area contributed by atoms with Gasteiger partial charge in [0.2, 0.25) is 0 Å². The van der Waals surface area contributed by atoms with Crippen molar-refractivity contribution in [1.82, 2.24) is 0 Å². The first-order valence-corrected chi connectivity index (χ1v) is 16.1. The molecule has 146 valence electrons. The SMILES string of the molecule is C=CCC(/C=C(\CC(=C)Br)[Si](CC)(CC)CC)O[Si](CC)(CC)CC. The normalized spacial score (nSPS) is 14.4. The van der Waals surface area contributed by atoms with Crippen LogP contribution in [0, 0.1) is 0 Å². The smallest absolute Gasteiger partial charge is 0.192 e. The Morgan fingerprint density at radius 1 is 0.960 bits per heavy atom. The molecule has 0 fully saturated rings. The molecule has 0 aliphatic carbocycles. The maximum Gasteiger partial charge on any atom is 0.192 e. The zero-order chi connectivity index (χ0) is 19.5. The van der Waals surface area contributed by atoms with Gasteiger partial charge in [-0.3, -0.25) is 0 Å². The summed E-state index contributed by atoms with van der Waals surface area (Å²) in [4.78, 5) is 0. The predicted molar refractivity (Wildman–Crippen MR) is 125 cm³/mol. The van der Waals surface area contributed by atoms with Crippen molar-refractivity contribution in [3.63, 3.8) is 0 Å². The van der Waals surface area contributed by atoms with Crippen molar-refractivity contribution in [2.24, 2.45) is 0 Å². The third-order valence-electron chi connectivity index (χ3n) is 6.21. The first kappa shape index (κ1) is 25.1. The summed E-state index contributed by atoms with van der Waals surface area (Å²) in [6.07, 6.45) is 6.57. The van der Waals surface area contributed by atoms with Crippen molar-refractivity contribution >= 4 is 32.3 Å². The molecule has 0 bridgehead atoms. The summed E-state index contributed by atoms with van der Waals surface area (Å²) in [5, 5.41) is 1.62. The van der Waals surface area contributed by atoms with Gasteiger partial charge in [-0.25, -0.2) is 0 Å². The highest BCUT2D eigenvalue weighted by Gasteiger charge is 2.34. The lowest BCUT2D eigenvalue weighted by Crippen LogP contribution is -2.40. The number of rotatable bonds is 14. The van der Waals surface area contributed by atoms with Gasteiger partial charge in [0.1, 0.15) is 0 Å². The van der Waals surface area contributed by atoms with E-state index in [0.717, 1.165) is 17.3 Å². The highest BCUT2D eigenvalue weighted by Crippen LogP contribution is 2.35. The molecular formula is C21H41BrOSi2. The Morgan fingerprint density at radius 2 is 1.44 bits per heavy atom. The average molecular weight is 446 g/mol. The number of halogens is 1. The fraction of sp³-hybridized carbons (Fsp3) is 0.714. The van der Waals surface area contributed by atoms with Crippen LogP contribution in [0.4, 0.5) is 0 Å². The Hall–Kier alpha value is 0.0938. The summed E-state index contributed by atoms with van der Waals surface area (Å²) in [6.45, 7) is 22.1. The molecule has 0 amide bonds. The van der Waals surface area contributed by atoms with E-state index in [1.165, 1.54) is 36.3 Å². The second kappa shape index (κ2) is 12.5. The molecule has 0 N–H and O–H groups in total. The standard InChI is InChI=1S/C21H41BrOSi2/c1-9-16-20(23-25(13-5,14-6)15-7)18-21(17-19(8)22)24(10-2,11-3)12-4/h9,18,20H,1,8,10-17H2,2-7H3/b21-18+. The van der Waals surface area contributed by atoms with Crippen LogP contribution in [0.15, 0.2) is 35.0 Å². The Morgan fingerprint density at radius 3 is 1.76 bits per heavy atom. The molecule has 0 heterocycles. The van der Waals surface area contributed by atoms with Crippen LogP contribution in [0.2, 0.25) is 36.3 Å². The predicted octanol–water partition coefficient (Wildman–Crippen LogP) is 8.23. The third kappa shape index (κ3) is 7.32. The van der Waals surface area contributed by atoms with Gasteiger partial charge in [-0.1, -0.05) is 99.5 Å². The van der Waals surface area contributed by atoms with Gasteiger partial charge in [0, 0.05) is 0 Å². The highest BCUT2D eigenvalue weighted by molar-refractivity contribution is 9.11. The van der Waals surface area contributed by atoms with Gasteiger partial charge in [-0.15, -0.1) is 6.58 Å². The van der Waals surface area contributed by atoms with Gasteiger partial charge < -0.3 is 4.43 Å². The molecule has 1 nitrogen and oxygen atoms in total. The summed E-state index contributed by atoms with van der Waals surface area (Å²) in [5.74, 6) is 0. The van der Waals surface area contributed by atoms with Gasteiger partial charge in [0.05, 0.1) is 14.2 Å². The zero-order valence-corrected chi connectivity index (χ0v) is 21.2. The molecule has 0 spiro atoms. The number of allylic oxidation sites excluding steroid dienone is 2. The Labute approximate surface area is 168 Å². The van der Waals surface area contributed by atoms with Gasteiger partial charge in [-0.05, 0) is 35.5 Å². The quantitative estimate of drug-likeness (QED) is 0.193. The Balaban J connectivity index is 5.91. The zero-order valence-electron chi connectivity index (χ0n) is 17.6. The van der Waals surface area contributed by atoms with Crippen LogP contribution in [-0.2, 0) is 4.43 Å². The minimum Gasteiger partial charge on any atom is -0.410 e. The van der Waals surface area contributed by atoms with Gasteiger partial charge in [-0.2, -0.15) is 0 Å². The van der Waals surface area contributed by atoms with Crippen LogP contribution in [0.25, 0.3) is 0 Å². The largest absolute Gasteiger partial charge is 0.410 e. The second-order valence-corrected chi connectivity index (χ2v) is 18.3. The van der Waals surface area contributed by atoms with Crippen molar-refractivity contribution in [2.45, 2.75) is 96.8 Å². The topological polar surface area (TPSA) is 9.23 Å². The fourth-order valence-electron chi connectivity index (χ4n) is 3.92. The average Bonchev–Trinajstić information content (AvgIpc) is 2.61. The summed E-state index contributed by atoms with van der Waals surface area (Å²) in [7, 11) is -3.06. The second-order valence-electron chi connectivity index (χ2n) is 7.15. The molecule has 0 radical (unpaired) electrons. The molecule has 0 aromatic rings. The summed E-state index contributed by atoms with van der Waals surface area (Å²) >= 11 is 3.62. The van der Waals surface area contributed by atoms with E-state index in [0.29, 0.717) is 0 Å². The lowest BCUT2D eigenvalue weighted by molar-refractivity contribution is 0.235. The lowest BCUT2D eigenvalue weighted by atomic mass is 10.2. The van der Waals surface area contributed by atoms with Gasteiger partial charge in [0.25, 0.3) is 0 Å². The van der Waals surface area contributed by atoms with E-state index in [9.17, 15) is 0 Å². The van der Waals surface area contributed by atoms with E-state index in [2.05, 4.69) is 76.7 Å². The van der Waals surface area contributed by atoms with E-state index >= 15 is 0 Å². The number of hydrogen-bond acceptors (Lipinski definition) is 1. The molecule has 0 saturated heterocycles. The molecule has 25 heavy (non-hydrogen) atoms. The maximum absolute atomic E-state index is 6.84. The molecular weight excluding hydrogens is 404 g/mol. The van der Waals surface area contributed by atoms with Crippen molar-refractivity contribution in [3.05, 3.63) is 35.0 Å². The van der Waals surface area contributed by atoms with Crippen molar-refractivity contribution in [3.8, 4) is 0 Å². The van der Waals surface area contributed by atoms with E-state index in [1.54, 1.807) is 5.20 Å². The van der Waals surface area contributed by atoms with Crippen molar-refractivity contribution < 1.29 is 4.43 Å². The molecule has 0 saturated carbocycles. The molecule has 1 atom stereocenters. The van der Waals surface area contributed by atoms with Crippen molar-refractivity contribution in [1.29, 1.82) is 0 Å². The van der Waals surface area contributed by atoms with E-state index in [-0.39, 0.29) is 6.10 Å². The minimum atomic E-state index is -1.63. The molecule has 0 aliphatic heterocycles. The first-order valence-electron chi connectivity index (χ1n) is 10.2. The van der Waals surface area contributed by atoms with Crippen LogP contribution < -0.4 is 0 Å². The van der Waals surface area contributed by atoms with Crippen LogP contribution >= 0.6 is 15.9 Å². The highest BCUT2D eigenvalue weighted by atomic mass is 79.9. The Bertz CT molecular complexity index is 421. The monoisotopic (exact) mass is 444 g/mol. The van der Waals surface area contributed by atoms with E-state index in [1.807, 2.05) is 6.08 Å². The first-order chi connectivity index (χ1) is 11.8. The lowest BCUT2D eigenvalue weighted by Gasteiger charge is -2.35. The van der Waals surface area contributed by atoms with Crippen LogP contribution in [-0.4, -0.2) is 22.5 Å². The molecule has 0 aliphatic rings. The van der Waals surface area contributed by atoms with Crippen LogP contribution in [0.1, 0.15) is 54.4 Å². The summed E-state index contributed by atoms with van der Waals surface area (Å²) in [6, 6.07) is 7.47. The molecule has 0 aromatic carbocycles. The van der Waals surface area contributed by atoms with Crippen molar-refractivity contribution in [2.75, 3.05) is 0 Å². The van der Waals surface area contributed by atoms with Crippen LogP contribution in [0.3, 0.4) is 0 Å².